The Bertz CT molecular complexity index is 2410. The maximum absolute atomic E-state index is 17.2. The van der Waals surface area contributed by atoms with E-state index in [9.17, 15) is 24.1 Å². The number of thiophene rings is 1. The van der Waals surface area contributed by atoms with Gasteiger partial charge in [0.05, 0.1) is 39.1 Å². The summed E-state index contributed by atoms with van der Waals surface area (Å²) in [7, 11) is 1.78. The predicted octanol–water partition coefficient (Wildman–Crippen LogP) is 6.49. The number of amides is 1. The minimum Gasteiger partial charge on any atom is -0.461 e. The molecule has 0 unspecified atom stereocenters. The van der Waals surface area contributed by atoms with E-state index in [4.69, 9.17) is 27.1 Å². The fourth-order valence-corrected chi connectivity index (χ4v) is 9.64. The summed E-state index contributed by atoms with van der Waals surface area (Å²) in [6.07, 6.45) is 4.16. The van der Waals surface area contributed by atoms with Gasteiger partial charge in [0.15, 0.2) is 11.5 Å². The van der Waals surface area contributed by atoms with Crippen LogP contribution in [0.3, 0.4) is 0 Å². The lowest BCUT2D eigenvalue weighted by Gasteiger charge is -2.33. The first kappa shape index (κ1) is 34.9. The van der Waals surface area contributed by atoms with Crippen molar-refractivity contribution >= 4 is 60.8 Å². The van der Waals surface area contributed by atoms with Crippen LogP contribution in [0.5, 0.6) is 6.01 Å². The van der Waals surface area contributed by atoms with Gasteiger partial charge in [0.25, 0.3) is 0 Å². The molecule has 3 aliphatic rings. The van der Waals surface area contributed by atoms with Gasteiger partial charge < -0.3 is 20.3 Å². The zero-order valence-electron chi connectivity index (χ0n) is 28.6. The van der Waals surface area contributed by atoms with E-state index in [1.807, 2.05) is 24.0 Å². The van der Waals surface area contributed by atoms with Gasteiger partial charge in [-0.2, -0.15) is 20.5 Å². The highest BCUT2D eigenvalue weighted by Gasteiger charge is 2.49. The molecule has 0 spiro atoms. The molecule has 8 rings (SSSR count). The Morgan fingerprint density at radius 3 is 2.81 bits per heavy atom. The van der Waals surface area contributed by atoms with E-state index >= 15 is 4.39 Å². The largest absolute Gasteiger partial charge is 0.461 e. The molecule has 0 saturated carbocycles. The van der Waals surface area contributed by atoms with E-state index in [-0.39, 0.29) is 89.9 Å². The van der Waals surface area contributed by atoms with E-state index < -0.39 is 23.3 Å². The molecule has 0 aliphatic carbocycles. The van der Waals surface area contributed by atoms with Gasteiger partial charge in [-0.15, -0.1) is 11.3 Å². The number of rotatable bonds is 6. The number of likely N-dealkylation sites (tertiary alicyclic amines) is 1. The number of aromatic nitrogens is 4. The first-order chi connectivity index (χ1) is 25.4. The average Bonchev–Trinajstić information content (AvgIpc) is 3.96. The van der Waals surface area contributed by atoms with Gasteiger partial charge in [-0.05, 0) is 50.4 Å². The van der Waals surface area contributed by atoms with Gasteiger partial charge in [-0.1, -0.05) is 17.7 Å². The van der Waals surface area contributed by atoms with Crippen molar-refractivity contribution < 1.29 is 22.7 Å². The molecule has 4 atom stereocenters. The fourth-order valence-electron chi connectivity index (χ4n) is 8.40. The van der Waals surface area contributed by atoms with Crippen LogP contribution in [0.2, 0.25) is 5.02 Å². The smallest absolute Gasteiger partial charge is 0.329 e. The summed E-state index contributed by atoms with van der Waals surface area (Å²) in [6.45, 7) is 3.45. The van der Waals surface area contributed by atoms with Crippen LogP contribution in [-0.4, -0.2) is 92.4 Å². The zero-order chi connectivity index (χ0) is 37.3. The second-order valence-corrected chi connectivity index (χ2v) is 15.3. The molecule has 3 aliphatic heterocycles. The second-order valence-electron chi connectivity index (χ2n) is 13.9. The lowest BCUT2D eigenvalue weighted by Crippen LogP contribution is -2.45. The number of alkyl halides is 1. The third-order valence-corrected chi connectivity index (χ3v) is 12.3. The Morgan fingerprint density at radius 2 is 2.06 bits per heavy atom. The summed E-state index contributed by atoms with van der Waals surface area (Å²) in [5, 5.41) is 19.6. The number of hydrogen-bond donors (Lipinski definition) is 1. The SMILES string of the molecule is C[C@@H]1[C@H](N(C)c2nc(OC[C@@]34CCCN3C[C@H](F)C4)nc3c(F)c(-c4ccc(F)c5sc(N)c(C#N)c45)c(Cl)cc23)CCN1C(=O)n1cnc(C#N)c1. The molecule has 12 nitrogen and oxygen atoms in total. The quantitative estimate of drug-likeness (QED) is 0.203. The second kappa shape index (κ2) is 13.1. The van der Waals surface area contributed by atoms with Crippen LogP contribution in [0.15, 0.2) is 30.7 Å². The molecule has 5 aromatic rings. The van der Waals surface area contributed by atoms with Gasteiger partial charge in [0.2, 0.25) is 0 Å². The number of benzene rings is 2. The first-order valence-electron chi connectivity index (χ1n) is 17.0. The number of nitrogens with two attached hydrogens (primary N) is 1. The Hall–Kier alpha value is -5.16. The third-order valence-electron chi connectivity index (χ3n) is 11.0. The number of nitriles is 2. The van der Waals surface area contributed by atoms with Gasteiger partial charge in [0.1, 0.15) is 53.4 Å². The van der Waals surface area contributed by atoms with E-state index in [1.54, 1.807) is 11.9 Å². The number of nitrogens with zero attached hydrogens (tertiary/aromatic N) is 9. The minimum atomic E-state index is -0.986. The summed E-state index contributed by atoms with van der Waals surface area (Å²) in [5.41, 5.74) is 5.62. The van der Waals surface area contributed by atoms with Gasteiger partial charge in [-0.25, -0.2) is 22.9 Å². The van der Waals surface area contributed by atoms with Crippen LogP contribution in [0.1, 0.15) is 43.9 Å². The Labute approximate surface area is 310 Å². The van der Waals surface area contributed by atoms with Crippen LogP contribution in [0.4, 0.5) is 28.8 Å². The fraction of sp³-hybridized carbons (Fsp3) is 0.389. The number of ether oxygens (including phenoxy) is 1. The summed E-state index contributed by atoms with van der Waals surface area (Å²) < 4.78 is 54.4. The van der Waals surface area contributed by atoms with Crippen molar-refractivity contribution in [3.8, 4) is 29.3 Å². The van der Waals surface area contributed by atoms with Crippen molar-refractivity contribution in [2.75, 3.05) is 43.9 Å². The van der Waals surface area contributed by atoms with Crippen molar-refractivity contribution in [3.05, 3.63) is 58.6 Å². The van der Waals surface area contributed by atoms with Crippen LogP contribution in [0.25, 0.3) is 32.1 Å². The number of carbonyl (C=O) groups is 1. The van der Waals surface area contributed by atoms with Gasteiger partial charge in [0, 0.05) is 42.9 Å². The standard InChI is InChI=1S/C36H32ClF3N10O2S/c1-18-26(6-9-50(18)35(51)48-15-20(12-41)44-17-48)47(2)33-22-10-24(37)28(21-4-5-25(39)31-27(21)23(13-42)32(43)53-31)29(40)30(22)45-34(46-33)52-16-36-7-3-8-49(36)14-19(38)11-36/h4-5,10,15,17-19,26H,3,6-9,11,14,16,43H2,1-2H3/t18-,19-,26-,36+/m1/s1. The number of imidazole rings is 1. The number of fused-ring (bicyclic) bond motifs is 3. The summed E-state index contributed by atoms with van der Waals surface area (Å²) in [4.78, 5) is 32.3. The molecule has 2 aromatic carbocycles. The highest BCUT2D eigenvalue weighted by molar-refractivity contribution is 7.23. The third kappa shape index (κ3) is 5.59. The highest BCUT2D eigenvalue weighted by atomic mass is 35.5. The lowest BCUT2D eigenvalue weighted by atomic mass is 9.95. The van der Waals surface area contributed by atoms with Crippen molar-refractivity contribution in [2.45, 2.75) is 56.4 Å². The van der Waals surface area contributed by atoms with Crippen LogP contribution in [0, 0.1) is 34.3 Å². The molecular weight excluding hydrogens is 729 g/mol. The molecule has 0 radical (unpaired) electrons. The van der Waals surface area contributed by atoms with E-state index in [1.165, 1.54) is 35.3 Å². The topological polar surface area (TPSA) is 153 Å². The average molecular weight is 761 g/mol. The first-order valence-corrected chi connectivity index (χ1v) is 18.2. The summed E-state index contributed by atoms with van der Waals surface area (Å²) in [6, 6.07) is 6.86. The molecule has 2 N–H and O–H groups in total. The number of hydrogen-bond acceptors (Lipinski definition) is 11. The molecule has 3 fully saturated rings. The molecule has 3 aromatic heterocycles. The van der Waals surface area contributed by atoms with E-state index in [0.29, 0.717) is 25.9 Å². The van der Waals surface area contributed by atoms with E-state index in [0.717, 1.165) is 30.7 Å². The van der Waals surface area contributed by atoms with E-state index in [2.05, 4.69) is 14.9 Å². The Morgan fingerprint density at radius 1 is 1.25 bits per heavy atom. The number of anilines is 2. The molecular formula is C36H32ClF3N10O2S. The number of nitrogen functional groups attached to an aromatic ring is 1. The lowest BCUT2D eigenvalue weighted by molar-refractivity contribution is 0.107. The molecule has 272 valence electrons. The van der Waals surface area contributed by atoms with Crippen LogP contribution >= 0.6 is 22.9 Å². The zero-order valence-corrected chi connectivity index (χ0v) is 30.2. The molecule has 17 heteroatoms. The maximum atomic E-state index is 17.2. The minimum absolute atomic E-state index is 0.0131. The highest BCUT2D eigenvalue weighted by Crippen LogP contribution is 2.46. The number of likely N-dealkylation sites (N-methyl/N-ethyl adjacent to an activating group) is 1. The number of halogens is 4. The molecule has 1 amide bonds. The van der Waals surface area contributed by atoms with Gasteiger partial charge >= 0.3 is 12.0 Å². The van der Waals surface area contributed by atoms with Crippen LogP contribution in [-0.2, 0) is 0 Å². The summed E-state index contributed by atoms with van der Waals surface area (Å²) in [5.74, 6) is -1.16. The Balaban J connectivity index is 1.23. The maximum Gasteiger partial charge on any atom is 0.329 e. The van der Waals surface area contributed by atoms with Crippen molar-refractivity contribution in [1.82, 2.24) is 29.3 Å². The predicted molar refractivity (Wildman–Crippen MR) is 194 cm³/mol. The monoisotopic (exact) mass is 760 g/mol. The Kier molecular flexibility index (Phi) is 8.59. The van der Waals surface area contributed by atoms with Crippen molar-refractivity contribution in [1.29, 1.82) is 10.5 Å². The molecule has 0 bridgehead atoms. The summed E-state index contributed by atoms with van der Waals surface area (Å²) >= 11 is 7.77. The van der Waals surface area contributed by atoms with Gasteiger partial charge in [-0.3, -0.25) is 9.47 Å². The normalized spacial score (nSPS) is 22.7. The van der Waals surface area contributed by atoms with Crippen molar-refractivity contribution in [3.63, 3.8) is 0 Å². The molecule has 6 heterocycles. The number of carbonyl (C=O) groups excluding carboxylic acids is 1. The van der Waals surface area contributed by atoms with Crippen LogP contribution < -0.4 is 15.4 Å². The molecule has 53 heavy (non-hydrogen) atoms. The molecule has 3 saturated heterocycles. The van der Waals surface area contributed by atoms with Crippen molar-refractivity contribution in [2.24, 2.45) is 0 Å².